The van der Waals surface area contributed by atoms with E-state index in [0.717, 1.165) is 44.3 Å². The number of aromatic nitrogens is 2. The van der Waals surface area contributed by atoms with Gasteiger partial charge in [-0.1, -0.05) is 84.4 Å². The Kier molecular flexibility index (Phi) is 6.75. The lowest BCUT2D eigenvalue weighted by molar-refractivity contribution is 0.102. The lowest BCUT2D eigenvalue weighted by Gasteiger charge is -2.10. The van der Waals surface area contributed by atoms with Crippen molar-refractivity contribution in [3.63, 3.8) is 0 Å². The number of fused-ring (bicyclic) bond motifs is 1. The molecule has 0 unspecified atom stereocenters. The fourth-order valence-electron chi connectivity index (χ4n) is 4.07. The average molecular weight is 543 g/mol. The quantitative estimate of drug-likeness (QED) is 0.235. The van der Waals surface area contributed by atoms with Crippen molar-refractivity contribution in [1.82, 2.24) is 9.97 Å². The first kappa shape index (κ1) is 23.4. The molecule has 0 aliphatic rings. The number of amides is 1. The van der Waals surface area contributed by atoms with Crippen LogP contribution < -0.4 is 5.32 Å². The second-order valence-corrected chi connectivity index (χ2v) is 10.6. The highest BCUT2D eigenvalue weighted by atomic mass is 79.9. The number of carbonyl (C=O) groups is 1. The molecule has 0 aliphatic carbocycles. The van der Waals surface area contributed by atoms with Crippen LogP contribution in [0.25, 0.3) is 33.4 Å². The van der Waals surface area contributed by atoms with Crippen LogP contribution in [-0.2, 0) is 6.42 Å². The molecule has 3 aromatic carbocycles. The van der Waals surface area contributed by atoms with E-state index in [1.807, 2.05) is 60.0 Å². The van der Waals surface area contributed by atoms with Gasteiger partial charge < -0.3 is 0 Å². The average Bonchev–Trinajstić information content (AvgIpc) is 3.32. The molecule has 0 spiro atoms. The minimum absolute atomic E-state index is 0.201. The highest BCUT2D eigenvalue weighted by Gasteiger charge is 2.16. The number of para-hydroxylation sites is 1. The van der Waals surface area contributed by atoms with Crippen LogP contribution in [0.4, 0.5) is 5.13 Å². The van der Waals surface area contributed by atoms with Crippen LogP contribution >= 0.6 is 27.3 Å². The summed E-state index contributed by atoms with van der Waals surface area (Å²) >= 11 is 4.95. The molecule has 4 nitrogen and oxygen atoms in total. The van der Waals surface area contributed by atoms with Gasteiger partial charge in [0.2, 0.25) is 0 Å². The summed E-state index contributed by atoms with van der Waals surface area (Å²) in [5.74, 6) is 0.420. The SMILES string of the molecule is CC(C)Cc1ccc(-c2csc(NC(=O)c3cc(-c4cccc(Br)c4)nc4ccccc34)n2)cc1. The zero-order valence-corrected chi connectivity index (χ0v) is 21.9. The van der Waals surface area contributed by atoms with Crippen molar-refractivity contribution < 1.29 is 4.79 Å². The number of carbonyl (C=O) groups excluding carboxylic acids is 1. The number of thiazole rings is 1. The summed E-state index contributed by atoms with van der Waals surface area (Å²) in [4.78, 5) is 22.9. The van der Waals surface area contributed by atoms with Crippen molar-refractivity contribution >= 4 is 49.2 Å². The van der Waals surface area contributed by atoms with E-state index in [2.05, 4.69) is 64.3 Å². The minimum atomic E-state index is -0.201. The van der Waals surface area contributed by atoms with E-state index >= 15 is 0 Å². The number of halogens is 1. The summed E-state index contributed by atoms with van der Waals surface area (Å²) < 4.78 is 0.962. The molecule has 0 aliphatic heterocycles. The molecule has 2 aromatic heterocycles. The van der Waals surface area contributed by atoms with Gasteiger partial charge in [-0.25, -0.2) is 9.97 Å². The molecular formula is C29H24BrN3OS. The van der Waals surface area contributed by atoms with E-state index in [1.165, 1.54) is 16.9 Å². The van der Waals surface area contributed by atoms with Gasteiger partial charge in [-0.3, -0.25) is 10.1 Å². The summed E-state index contributed by atoms with van der Waals surface area (Å²) in [6.45, 7) is 4.44. The Bertz CT molecular complexity index is 1510. The Balaban J connectivity index is 1.43. The second-order valence-electron chi connectivity index (χ2n) is 8.87. The fraction of sp³-hybridized carbons (Fsp3) is 0.138. The molecule has 174 valence electrons. The monoisotopic (exact) mass is 541 g/mol. The lowest BCUT2D eigenvalue weighted by Crippen LogP contribution is -2.13. The van der Waals surface area contributed by atoms with E-state index < -0.39 is 0 Å². The Morgan fingerprint density at radius 1 is 0.914 bits per heavy atom. The number of nitrogens with zero attached hydrogens (tertiary/aromatic N) is 2. The number of benzene rings is 3. The van der Waals surface area contributed by atoms with Gasteiger partial charge in [-0.15, -0.1) is 11.3 Å². The van der Waals surface area contributed by atoms with Gasteiger partial charge in [-0.05, 0) is 42.2 Å². The highest BCUT2D eigenvalue weighted by Crippen LogP contribution is 2.29. The maximum absolute atomic E-state index is 13.4. The highest BCUT2D eigenvalue weighted by molar-refractivity contribution is 9.10. The van der Waals surface area contributed by atoms with Crippen molar-refractivity contribution in [2.24, 2.45) is 5.92 Å². The first-order chi connectivity index (χ1) is 17.0. The normalized spacial score (nSPS) is 11.2. The van der Waals surface area contributed by atoms with Crippen LogP contribution in [0, 0.1) is 5.92 Å². The fourth-order valence-corrected chi connectivity index (χ4v) is 5.18. The third kappa shape index (κ3) is 5.34. The van der Waals surface area contributed by atoms with Gasteiger partial charge >= 0.3 is 0 Å². The summed E-state index contributed by atoms with van der Waals surface area (Å²) in [7, 11) is 0. The van der Waals surface area contributed by atoms with Crippen LogP contribution in [-0.4, -0.2) is 15.9 Å². The third-order valence-electron chi connectivity index (χ3n) is 5.70. The summed E-state index contributed by atoms with van der Waals surface area (Å²) in [6, 6.07) is 26.0. The second kappa shape index (κ2) is 10.1. The molecular weight excluding hydrogens is 518 g/mol. The van der Waals surface area contributed by atoms with Gasteiger partial charge in [0.15, 0.2) is 5.13 Å². The molecule has 0 radical (unpaired) electrons. The predicted octanol–water partition coefficient (Wildman–Crippen LogP) is 8.24. The Morgan fingerprint density at radius 2 is 1.71 bits per heavy atom. The first-order valence-corrected chi connectivity index (χ1v) is 13.2. The Labute approximate surface area is 217 Å². The maximum Gasteiger partial charge on any atom is 0.258 e. The van der Waals surface area contributed by atoms with Crippen LogP contribution in [0.2, 0.25) is 0 Å². The van der Waals surface area contributed by atoms with Crippen molar-refractivity contribution in [3.05, 3.63) is 99.8 Å². The molecule has 35 heavy (non-hydrogen) atoms. The molecule has 0 saturated heterocycles. The zero-order valence-electron chi connectivity index (χ0n) is 19.5. The van der Waals surface area contributed by atoms with E-state index in [1.54, 1.807) is 0 Å². The number of rotatable bonds is 6. The molecule has 6 heteroatoms. The molecule has 0 saturated carbocycles. The van der Waals surface area contributed by atoms with Crippen LogP contribution in [0.1, 0.15) is 29.8 Å². The van der Waals surface area contributed by atoms with E-state index in [9.17, 15) is 4.79 Å². The van der Waals surface area contributed by atoms with Crippen molar-refractivity contribution in [3.8, 4) is 22.5 Å². The van der Waals surface area contributed by atoms with E-state index in [4.69, 9.17) is 4.98 Å². The van der Waals surface area contributed by atoms with Crippen molar-refractivity contribution in [1.29, 1.82) is 0 Å². The third-order valence-corrected chi connectivity index (χ3v) is 6.95. The summed E-state index contributed by atoms with van der Waals surface area (Å²) in [5, 5.41) is 6.35. The topological polar surface area (TPSA) is 54.9 Å². The molecule has 0 bridgehead atoms. The number of pyridine rings is 1. The standard InChI is InChI=1S/C29H24BrN3OS/c1-18(2)14-19-10-12-20(13-11-19)27-17-35-29(32-27)33-28(34)24-16-26(21-6-5-7-22(30)15-21)31-25-9-4-3-8-23(24)25/h3-13,15-18H,14H2,1-2H3,(H,32,33,34). The molecule has 1 N–H and O–H groups in total. The number of hydrogen-bond donors (Lipinski definition) is 1. The maximum atomic E-state index is 13.4. The van der Waals surface area contributed by atoms with Gasteiger partial charge in [-0.2, -0.15) is 0 Å². The van der Waals surface area contributed by atoms with E-state index in [-0.39, 0.29) is 5.91 Å². The molecule has 2 heterocycles. The number of anilines is 1. The number of hydrogen-bond acceptors (Lipinski definition) is 4. The zero-order chi connectivity index (χ0) is 24.4. The summed E-state index contributed by atoms with van der Waals surface area (Å²) in [6.07, 6.45) is 1.06. The minimum Gasteiger partial charge on any atom is -0.298 e. The smallest absolute Gasteiger partial charge is 0.258 e. The molecule has 5 aromatic rings. The van der Waals surface area contributed by atoms with Crippen LogP contribution in [0.5, 0.6) is 0 Å². The van der Waals surface area contributed by atoms with Crippen molar-refractivity contribution in [2.75, 3.05) is 5.32 Å². The first-order valence-electron chi connectivity index (χ1n) is 11.5. The lowest BCUT2D eigenvalue weighted by atomic mass is 10.0. The number of nitrogens with one attached hydrogen (secondary N) is 1. The summed E-state index contributed by atoms with van der Waals surface area (Å²) in [5.41, 5.74) is 6.25. The van der Waals surface area contributed by atoms with Gasteiger partial charge in [0.25, 0.3) is 5.91 Å². The van der Waals surface area contributed by atoms with Crippen molar-refractivity contribution in [2.45, 2.75) is 20.3 Å². The Morgan fingerprint density at radius 3 is 2.49 bits per heavy atom. The van der Waals surface area contributed by atoms with E-state index in [0.29, 0.717) is 16.6 Å². The molecule has 1 amide bonds. The predicted molar refractivity (Wildman–Crippen MR) is 149 cm³/mol. The Hall–Kier alpha value is -3.35. The molecule has 0 atom stereocenters. The van der Waals surface area contributed by atoms with Crippen LogP contribution in [0.15, 0.2) is 88.7 Å². The van der Waals surface area contributed by atoms with Gasteiger partial charge in [0.1, 0.15) is 0 Å². The van der Waals surface area contributed by atoms with Gasteiger partial charge in [0, 0.05) is 26.4 Å². The van der Waals surface area contributed by atoms with Gasteiger partial charge in [0.05, 0.1) is 22.5 Å². The molecule has 5 rings (SSSR count). The van der Waals surface area contributed by atoms with Crippen LogP contribution in [0.3, 0.4) is 0 Å². The molecule has 0 fully saturated rings. The largest absolute Gasteiger partial charge is 0.298 e.